The maximum Gasteiger partial charge on any atom is 0.264 e. The van der Waals surface area contributed by atoms with Crippen molar-refractivity contribution in [3.8, 4) is 17.2 Å². The molecule has 0 saturated heterocycles. The summed E-state index contributed by atoms with van der Waals surface area (Å²) >= 11 is 0. The fourth-order valence-electron chi connectivity index (χ4n) is 4.46. The molecule has 0 aliphatic carbocycles. The van der Waals surface area contributed by atoms with Gasteiger partial charge in [0, 0.05) is 13.1 Å². The Labute approximate surface area is 259 Å². The van der Waals surface area contributed by atoms with E-state index in [9.17, 15) is 18.0 Å². The number of anilines is 1. The summed E-state index contributed by atoms with van der Waals surface area (Å²) in [6, 6.07) is 29.9. The van der Waals surface area contributed by atoms with E-state index in [-0.39, 0.29) is 23.0 Å². The van der Waals surface area contributed by atoms with Crippen LogP contribution in [-0.2, 0) is 26.2 Å². The van der Waals surface area contributed by atoms with Crippen molar-refractivity contribution in [2.24, 2.45) is 0 Å². The number of nitrogens with zero attached hydrogens (tertiary/aromatic N) is 2. The summed E-state index contributed by atoms with van der Waals surface area (Å²) in [5, 5.41) is 2.84. The Hall–Kier alpha value is -4.83. The molecule has 0 spiro atoms. The molecule has 10 heteroatoms. The van der Waals surface area contributed by atoms with Gasteiger partial charge in [0.25, 0.3) is 10.0 Å². The fraction of sp³-hybridized carbons (Fsp3) is 0.235. The average molecular weight is 616 g/mol. The van der Waals surface area contributed by atoms with Gasteiger partial charge in [-0.25, -0.2) is 8.42 Å². The molecule has 1 atom stereocenters. The molecule has 0 heterocycles. The molecule has 0 aliphatic rings. The summed E-state index contributed by atoms with van der Waals surface area (Å²) in [5.74, 6) is 0.928. The molecule has 1 N–H and O–H groups in total. The first-order valence-corrected chi connectivity index (χ1v) is 15.8. The average Bonchev–Trinajstić information content (AvgIpc) is 3.06. The van der Waals surface area contributed by atoms with Gasteiger partial charge in [0.05, 0.1) is 17.7 Å². The smallest absolute Gasteiger partial charge is 0.264 e. The van der Waals surface area contributed by atoms with Gasteiger partial charge in [-0.3, -0.25) is 13.9 Å². The molecule has 44 heavy (non-hydrogen) atoms. The molecule has 0 aromatic heterocycles. The highest BCUT2D eigenvalue weighted by Gasteiger charge is 2.32. The van der Waals surface area contributed by atoms with Gasteiger partial charge in [-0.1, -0.05) is 55.5 Å². The first kappa shape index (κ1) is 32.1. The van der Waals surface area contributed by atoms with Crippen LogP contribution in [0.2, 0.25) is 0 Å². The number of nitrogens with one attached hydrogen (secondary N) is 1. The van der Waals surface area contributed by atoms with Gasteiger partial charge in [0.15, 0.2) is 0 Å². The predicted octanol–water partition coefficient (Wildman–Crippen LogP) is 5.63. The molecule has 4 rings (SSSR count). The molecule has 0 fully saturated rings. The zero-order valence-electron chi connectivity index (χ0n) is 25.1. The van der Waals surface area contributed by atoms with Gasteiger partial charge >= 0.3 is 0 Å². The second kappa shape index (κ2) is 15.1. The van der Waals surface area contributed by atoms with Crippen molar-refractivity contribution in [2.75, 3.05) is 24.5 Å². The standard InChI is InChI=1S/C34H37N3O6S/c1-4-23-35-34(39)26(2)36(24-27-15-19-29(42-3)20-16-27)33(38)25-37(44(40,41)32-13-9-6-10-14-32)28-17-21-31(22-18-28)43-30-11-7-5-8-12-30/h5-22,26H,4,23-25H2,1-3H3,(H,35,39)/t26-/m1/s1. The normalized spacial score (nSPS) is 11.7. The van der Waals surface area contributed by atoms with Gasteiger partial charge in [0.2, 0.25) is 11.8 Å². The van der Waals surface area contributed by atoms with E-state index in [1.165, 1.54) is 17.0 Å². The lowest BCUT2D eigenvalue weighted by Gasteiger charge is -2.32. The van der Waals surface area contributed by atoms with Crippen molar-refractivity contribution in [1.29, 1.82) is 0 Å². The largest absolute Gasteiger partial charge is 0.497 e. The third-order valence-corrected chi connectivity index (χ3v) is 8.73. The number of sulfonamides is 1. The van der Waals surface area contributed by atoms with E-state index < -0.39 is 28.5 Å². The lowest BCUT2D eigenvalue weighted by atomic mass is 10.1. The Kier molecular flexibility index (Phi) is 11.0. The Morgan fingerprint density at radius 2 is 1.36 bits per heavy atom. The van der Waals surface area contributed by atoms with E-state index in [2.05, 4.69) is 5.32 Å². The van der Waals surface area contributed by atoms with Gasteiger partial charge in [-0.2, -0.15) is 0 Å². The van der Waals surface area contributed by atoms with Crippen molar-refractivity contribution in [3.63, 3.8) is 0 Å². The van der Waals surface area contributed by atoms with Crippen LogP contribution in [0.1, 0.15) is 25.8 Å². The molecule has 0 aliphatic heterocycles. The van der Waals surface area contributed by atoms with Crippen LogP contribution in [0, 0.1) is 0 Å². The number of para-hydroxylation sites is 1. The first-order valence-electron chi connectivity index (χ1n) is 14.3. The summed E-state index contributed by atoms with van der Waals surface area (Å²) in [5.41, 5.74) is 1.03. The van der Waals surface area contributed by atoms with E-state index in [0.29, 0.717) is 23.8 Å². The minimum atomic E-state index is -4.17. The summed E-state index contributed by atoms with van der Waals surface area (Å²) in [6.45, 7) is 3.59. The summed E-state index contributed by atoms with van der Waals surface area (Å²) < 4.78 is 40.1. The number of benzene rings is 4. The number of carbonyl (C=O) groups excluding carboxylic acids is 2. The predicted molar refractivity (Wildman–Crippen MR) is 170 cm³/mol. The van der Waals surface area contributed by atoms with E-state index >= 15 is 0 Å². The van der Waals surface area contributed by atoms with Gasteiger partial charge in [-0.05, 0) is 79.6 Å². The molecular weight excluding hydrogens is 578 g/mol. The Morgan fingerprint density at radius 3 is 1.95 bits per heavy atom. The second-order valence-corrected chi connectivity index (χ2v) is 11.9. The number of hydrogen-bond acceptors (Lipinski definition) is 6. The second-order valence-electron chi connectivity index (χ2n) is 10.1. The molecule has 4 aromatic carbocycles. The van der Waals surface area contributed by atoms with Crippen molar-refractivity contribution in [2.45, 2.75) is 37.8 Å². The van der Waals surface area contributed by atoms with E-state index in [1.807, 2.05) is 37.3 Å². The minimum Gasteiger partial charge on any atom is -0.497 e. The maximum atomic E-state index is 14.1. The highest BCUT2D eigenvalue weighted by Crippen LogP contribution is 2.28. The number of hydrogen-bond donors (Lipinski definition) is 1. The van der Waals surface area contributed by atoms with Gasteiger partial charge in [0.1, 0.15) is 29.8 Å². The highest BCUT2D eigenvalue weighted by molar-refractivity contribution is 7.92. The number of amides is 2. The van der Waals surface area contributed by atoms with Crippen LogP contribution >= 0.6 is 0 Å². The highest BCUT2D eigenvalue weighted by atomic mass is 32.2. The lowest BCUT2D eigenvalue weighted by molar-refractivity contribution is -0.139. The van der Waals surface area contributed by atoms with E-state index in [0.717, 1.165) is 16.3 Å². The minimum absolute atomic E-state index is 0.0350. The number of methoxy groups -OCH3 is 1. The number of ether oxygens (including phenoxy) is 2. The molecule has 230 valence electrons. The van der Waals surface area contributed by atoms with Crippen molar-refractivity contribution in [1.82, 2.24) is 10.2 Å². The van der Waals surface area contributed by atoms with Gasteiger partial charge in [-0.15, -0.1) is 0 Å². The zero-order chi connectivity index (χ0) is 31.5. The monoisotopic (exact) mass is 615 g/mol. The zero-order valence-corrected chi connectivity index (χ0v) is 25.9. The van der Waals surface area contributed by atoms with Crippen LogP contribution in [0.5, 0.6) is 17.2 Å². The first-order chi connectivity index (χ1) is 21.2. The van der Waals surface area contributed by atoms with Crippen molar-refractivity contribution >= 4 is 27.5 Å². The Balaban J connectivity index is 1.67. The topological polar surface area (TPSA) is 105 Å². The van der Waals surface area contributed by atoms with Crippen molar-refractivity contribution in [3.05, 3.63) is 115 Å². The Bertz CT molecular complexity index is 1610. The Morgan fingerprint density at radius 1 is 0.795 bits per heavy atom. The third kappa shape index (κ3) is 8.17. The summed E-state index contributed by atoms with van der Waals surface area (Å²) in [4.78, 5) is 28.5. The van der Waals surface area contributed by atoms with Gasteiger partial charge < -0.3 is 19.7 Å². The molecule has 9 nitrogen and oxygen atoms in total. The van der Waals surface area contributed by atoms with Crippen LogP contribution in [0.3, 0.4) is 0 Å². The SMILES string of the molecule is CCCNC(=O)[C@@H](C)N(Cc1ccc(OC)cc1)C(=O)CN(c1ccc(Oc2ccccc2)cc1)S(=O)(=O)c1ccccc1. The molecule has 0 radical (unpaired) electrons. The lowest BCUT2D eigenvalue weighted by Crippen LogP contribution is -2.51. The van der Waals surface area contributed by atoms with Crippen molar-refractivity contribution < 1.29 is 27.5 Å². The van der Waals surface area contributed by atoms with E-state index in [1.54, 1.807) is 80.8 Å². The summed E-state index contributed by atoms with van der Waals surface area (Å²) in [7, 11) is -2.61. The van der Waals surface area contributed by atoms with Crippen LogP contribution in [-0.4, -0.2) is 51.4 Å². The molecular formula is C34H37N3O6S. The molecule has 4 aromatic rings. The summed E-state index contributed by atoms with van der Waals surface area (Å²) in [6.07, 6.45) is 0.734. The number of carbonyl (C=O) groups is 2. The molecule has 2 amide bonds. The molecule has 0 saturated carbocycles. The van der Waals surface area contributed by atoms with Crippen LogP contribution in [0.15, 0.2) is 114 Å². The maximum absolute atomic E-state index is 14.1. The van der Waals surface area contributed by atoms with Crippen LogP contribution in [0.4, 0.5) is 5.69 Å². The van der Waals surface area contributed by atoms with E-state index in [4.69, 9.17) is 9.47 Å². The van der Waals surface area contributed by atoms with Crippen LogP contribution < -0.4 is 19.1 Å². The fourth-order valence-corrected chi connectivity index (χ4v) is 5.89. The molecule has 0 unspecified atom stereocenters. The number of rotatable bonds is 14. The molecule has 0 bridgehead atoms. The van der Waals surface area contributed by atoms with Crippen LogP contribution in [0.25, 0.3) is 0 Å². The quantitative estimate of drug-likeness (QED) is 0.197. The third-order valence-electron chi connectivity index (χ3n) is 6.94.